The predicted molar refractivity (Wildman–Crippen MR) is 109 cm³/mol. The van der Waals surface area contributed by atoms with Gasteiger partial charge in [-0.15, -0.1) is 24.0 Å². The molecule has 1 aromatic rings. The number of hydrogen-bond donors (Lipinski definition) is 3. The van der Waals surface area contributed by atoms with E-state index in [0.717, 1.165) is 38.4 Å². The summed E-state index contributed by atoms with van der Waals surface area (Å²) in [6, 6.07) is -0.412. The topological polar surface area (TPSA) is 125 Å². The Morgan fingerprint density at radius 3 is 2.63 bits per heavy atom. The van der Waals surface area contributed by atoms with Crippen molar-refractivity contribution in [3.63, 3.8) is 0 Å². The summed E-state index contributed by atoms with van der Waals surface area (Å²) in [7, 11) is 0. The largest absolute Gasteiger partial charge is 0.357 e. The summed E-state index contributed by atoms with van der Waals surface area (Å²) in [5.41, 5.74) is -0.833. The zero-order valence-electron chi connectivity index (χ0n) is 15.7. The highest BCUT2D eigenvalue weighted by Gasteiger charge is 2.48. The molecule has 0 saturated carbocycles. The molecule has 27 heavy (non-hydrogen) atoms. The van der Waals surface area contributed by atoms with Gasteiger partial charge in [0.05, 0.1) is 0 Å². The van der Waals surface area contributed by atoms with E-state index in [4.69, 9.17) is 4.52 Å². The number of likely N-dealkylation sites (tertiary alicyclic amines) is 1. The van der Waals surface area contributed by atoms with Gasteiger partial charge >= 0.3 is 6.03 Å². The maximum atomic E-state index is 12.1. The van der Waals surface area contributed by atoms with Gasteiger partial charge in [0.2, 0.25) is 5.89 Å². The van der Waals surface area contributed by atoms with Gasteiger partial charge in [-0.3, -0.25) is 10.1 Å². The van der Waals surface area contributed by atoms with Crippen LogP contribution in [-0.2, 0) is 11.3 Å². The second kappa shape index (κ2) is 8.85. The summed E-state index contributed by atoms with van der Waals surface area (Å²) in [6.07, 6.45) is 1.57. The van der Waals surface area contributed by atoms with Crippen LogP contribution in [0.3, 0.4) is 0 Å². The number of aliphatic imine (C=N–C) groups is 1. The third kappa shape index (κ3) is 4.68. The van der Waals surface area contributed by atoms with Crippen molar-refractivity contribution in [3.05, 3.63) is 11.7 Å². The first kappa shape index (κ1) is 21.4. The molecule has 10 nitrogen and oxygen atoms in total. The highest BCUT2D eigenvalue weighted by Crippen LogP contribution is 2.30. The van der Waals surface area contributed by atoms with Crippen LogP contribution < -0.4 is 16.0 Å². The van der Waals surface area contributed by atoms with Gasteiger partial charge in [-0.05, 0) is 39.5 Å². The fourth-order valence-corrected chi connectivity index (χ4v) is 3.49. The Morgan fingerprint density at radius 1 is 1.41 bits per heavy atom. The molecule has 2 aliphatic rings. The van der Waals surface area contributed by atoms with Gasteiger partial charge in [-0.25, -0.2) is 9.79 Å². The van der Waals surface area contributed by atoms with E-state index in [1.807, 2.05) is 6.92 Å². The summed E-state index contributed by atoms with van der Waals surface area (Å²) < 4.78 is 5.10. The molecule has 1 aromatic heterocycles. The number of nitrogens with one attached hydrogen (secondary N) is 3. The molecule has 2 aliphatic heterocycles. The average molecular weight is 491 g/mol. The molecular weight excluding hydrogens is 465 g/mol. The molecule has 3 N–H and O–H groups in total. The Labute approximate surface area is 174 Å². The van der Waals surface area contributed by atoms with Crippen LogP contribution in [0.25, 0.3) is 0 Å². The minimum Gasteiger partial charge on any atom is -0.357 e. The molecule has 3 heterocycles. The zero-order valence-corrected chi connectivity index (χ0v) is 18.1. The van der Waals surface area contributed by atoms with Crippen LogP contribution in [0.4, 0.5) is 4.79 Å². The van der Waals surface area contributed by atoms with E-state index >= 15 is 0 Å². The first-order chi connectivity index (χ1) is 12.4. The number of piperidine rings is 1. The van der Waals surface area contributed by atoms with Gasteiger partial charge in [0, 0.05) is 19.6 Å². The molecule has 2 fully saturated rings. The van der Waals surface area contributed by atoms with Gasteiger partial charge in [-0.1, -0.05) is 5.16 Å². The average Bonchev–Trinajstić information content (AvgIpc) is 3.14. The summed E-state index contributed by atoms with van der Waals surface area (Å²) in [6.45, 7) is 8.14. The van der Waals surface area contributed by atoms with E-state index in [9.17, 15) is 9.59 Å². The SMILES string of the molecule is CCNC(=NCc1nc(C)no1)N1CCC(C2(C)NC(=O)NC2=O)CC1.I. The lowest BCUT2D eigenvalue weighted by atomic mass is 9.79. The molecule has 0 aromatic carbocycles. The summed E-state index contributed by atoms with van der Waals surface area (Å²) in [5.74, 6) is 1.70. The number of aryl methyl sites for hydroxylation is 1. The minimum absolute atomic E-state index is 0. The Morgan fingerprint density at radius 2 is 2.11 bits per heavy atom. The lowest BCUT2D eigenvalue weighted by molar-refractivity contribution is -0.125. The quantitative estimate of drug-likeness (QED) is 0.246. The molecule has 2 saturated heterocycles. The zero-order chi connectivity index (χ0) is 18.7. The normalized spacial score (nSPS) is 23.7. The second-order valence-corrected chi connectivity index (χ2v) is 6.78. The fourth-order valence-electron chi connectivity index (χ4n) is 3.49. The number of carbonyl (C=O) groups is 2. The van der Waals surface area contributed by atoms with E-state index < -0.39 is 11.6 Å². The number of rotatable bonds is 4. The number of guanidine groups is 1. The number of halogens is 1. The predicted octanol–water partition coefficient (Wildman–Crippen LogP) is 0.772. The Hall–Kier alpha value is -1.92. The molecule has 1 unspecified atom stereocenters. The van der Waals surface area contributed by atoms with Crippen LogP contribution >= 0.6 is 24.0 Å². The van der Waals surface area contributed by atoms with Crippen LogP contribution in [0.1, 0.15) is 38.4 Å². The third-order valence-electron chi connectivity index (χ3n) is 4.95. The standard InChI is InChI=1S/C16H25N7O3.HI/c1-4-17-14(18-9-12-19-10(2)22-26-12)23-7-5-11(6-8-23)16(3)13(24)20-15(25)21-16;/h11H,4-9H2,1-3H3,(H,17,18)(H2,20,21,24,25);1H. The van der Waals surface area contributed by atoms with Crippen molar-refractivity contribution < 1.29 is 14.1 Å². The van der Waals surface area contributed by atoms with Crippen molar-refractivity contribution in [1.82, 2.24) is 31.0 Å². The molecule has 11 heteroatoms. The fraction of sp³-hybridized carbons (Fsp3) is 0.688. The number of hydrogen-bond acceptors (Lipinski definition) is 6. The van der Waals surface area contributed by atoms with Crippen LogP contribution in [0.15, 0.2) is 9.52 Å². The number of amides is 3. The van der Waals surface area contributed by atoms with E-state index in [1.165, 1.54) is 0 Å². The van der Waals surface area contributed by atoms with Crippen molar-refractivity contribution >= 4 is 41.9 Å². The Balaban J connectivity index is 0.00000261. The minimum atomic E-state index is -0.833. The molecule has 150 valence electrons. The third-order valence-corrected chi connectivity index (χ3v) is 4.95. The maximum Gasteiger partial charge on any atom is 0.322 e. The van der Waals surface area contributed by atoms with E-state index in [-0.39, 0.29) is 35.8 Å². The summed E-state index contributed by atoms with van der Waals surface area (Å²) >= 11 is 0. The summed E-state index contributed by atoms with van der Waals surface area (Å²) in [4.78, 5) is 34.5. The Bertz CT molecular complexity index is 715. The molecular formula is C16H26IN7O3. The van der Waals surface area contributed by atoms with Gasteiger partial charge < -0.3 is 20.1 Å². The number of nitrogens with zero attached hydrogens (tertiary/aromatic N) is 4. The lowest BCUT2D eigenvalue weighted by Gasteiger charge is -2.39. The maximum absolute atomic E-state index is 12.1. The van der Waals surface area contributed by atoms with Crippen LogP contribution in [-0.4, -0.2) is 58.1 Å². The lowest BCUT2D eigenvalue weighted by Crippen LogP contribution is -2.55. The molecule has 0 aliphatic carbocycles. The highest BCUT2D eigenvalue weighted by atomic mass is 127. The van der Waals surface area contributed by atoms with Gasteiger partial charge in [-0.2, -0.15) is 4.98 Å². The molecule has 0 radical (unpaired) electrons. The van der Waals surface area contributed by atoms with E-state index in [1.54, 1.807) is 13.8 Å². The van der Waals surface area contributed by atoms with Crippen LogP contribution in [0.5, 0.6) is 0 Å². The molecule has 3 rings (SSSR count). The molecule has 1 atom stereocenters. The number of carbonyl (C=O) groups excluding carboxylic acids is 2. The number of aromatic nitrogens is 2. The van der Waals surface area contributed by atoms with Crippen molar-refractivity contribution in [2.45, 2.75) is 45.7 Å². The second-order valence-electron chi connectivity index (χ2n) is 6.78. The number of urea groups is 1. The van der Waals surface area contributed by atoms with Gasteiger partial charge in [0.25, 0.3) is 5.91 Å². The van der Waals surface area contributed by atoms with Crippen molar-refractivity contribution in [2.75, 3.05) is 19.6 Å². The smallest absolute Gasteiger partial charge is 0.322 e. The number of imide groups is 1. The molecule has 0 bridgehead atoms. The van der Waals surface area contributed by atoms with Crippen molar-refractivity contribution in [3.8, 4) is 0 Å². The first-order valence-corrected chi connectivity index (χ1v) is 8.88. The van der Waals surface area contributed by atoms with E-state index in [2.05, 4.69) is 36.0 Å². The monoisotopic (exact) mass is 491 g/mol. The Kier molecular flexibility index (Phi) is 7.00. The van der Waals surface area contributed by atoms with E-state index in [0.29, 0.717) is 18.3 Å². The molecule has 0 spiro atoms. The first-order valence-electron chi connectivity index (χ1n) is 8.88. The van der Waals surface area contributed by atoms with Crippen molar-refractivity contribution in [2.24, 2.45) is 10.9 Å². The highest BCUT2D eigenvalue weighted by molar-refractivity contribution is 14.0. The summed E-state index contributed by atoms with van der Waals surface area (Å²) in [5, 5.41) is 12.2. The van der Waals surface area contributed by atoms with Crippen LogP contribution in [0.2, 0.25) is 0 Å². The van der Waals surface area contributed by atoms with Gasteiger partial charge in [0.15, 0.2) is 11.8 Å². The van der Waals surface area contributed by atoms with Crippen LogP contribution in [0, 0.1) is 12.8 Å². The molecule has 3 amide bonds. The van der Waals surface area contributed by atoms with Gasteiger partial charge in [0.1, 0.15) is 12.1 Å². The van der Waals surface area contributed by atoms with Crippen molar-refractivity contribution in [1.29, 1.82) is 0 Å².